The molecule has 0 saturated carbocycles. The highest BCUT2D eigenvalue weighted by Crippen LogP contribution is 2.35. The molecule has 3 heteroatoms. The number of carboxylic acids is 1. The molecule has 0 aliphatic rings. The van der Waals surface area contributed by atoms with Gasteiger partial charge in [-0.05, 0) is 41.4 Å². The van der Waals surface area contributed by atoms with Crippen LogP contribution in [0.2, 0.25) is 0 Å². The van der Waals surface area contributed by atoms with Crippen LogP contribution in [-0.2, 0) is 23.1 Å². The fraction of sp³-hybridized carbons (Fsp3) is 0.741. The van der Waals surface area contributed by atoms with Crippen molar-refractivity contribution in [2.24, 2.45) is 5.92 Å². The van der Waals surface area contributed by atoms with E-state index in [1.165, 1.54) is 51.4 Å². The SMILES string of the molecule is CCCCCCCCCCCCC(Cc1cc(CC)c(O)c(C(C)(C)C)c1)C(=O)O. The molecule has 0 aliphatic carbocycles. The lowest BCUT2D eigenvalue weighted by atomic mass is 9.82. The molecule has 0 aromatic heterocycles. The Hall–Kier alpha value is -1.51. The van der Waals surface area contributed by atoms with Gasteiger partial charge in [-0.3, -0.25) is 4.79 Å². The van der Waals surface area contributed by atoms with Gasteiger partial charge in [-0.1, -0.05) is 111 Å². The smallest absolute Gasteiger partial charge is 0.306 e. The van der Waals surface area contributed by atoms with E-state index < -0.39 is 5.97 Å². The third kappa shape index (κ3) is 9.53. The summed E-state index contributed by atoms with van der Waals surface area (Å²) >= 11 is 0. The summed E-state index contributed by atoms with van der Waals surface area (Å²) in [6, 6.07) is 4.02. The number of hydrogen-bond acceptors (Lipinski definition) is 2. The lowest BCUT2D eigenvalue weighted by molar-refractivity contribution is -0.142. The molecule has 1 unspecified atom stereocenters. The second-order valence-corrected chi connectivity index (χ2v) is 9.96. The Balaban J connectivity index is 2.54. The topological polar surface area (TPSA) is 57.5 Å². The van der Waals surface area contributed by atoms with Crippen molar-refractivity contribution in [1.82, 2.24) is 0 Å². The number of rotatable bonds is 15. The van der Waals surface area contributed by atoms with Crippen LogP contribution in [0.3, 0.4) is 0 Å². The zero-order valence-corrected chi connectivity index (χ0v) is 20.2. The van der Waals surface area contributed by atoms with E-state index in [-0.39, 0.29) is 11.3 Å². The number of phenolic OH excluding ortho intramolecular Hbond substituents is 1. The van der Waals surface area contributed by atoms with Crippen LogP contribution in [0.1, 0.15) is 122 Å². The second-order valence-electron chi connectivity index (χ2n) is 9.96. The molecule has 3 nitrogen and oxygen atoms in total. The highest BCUT2D eigenvalue weighted by Gasteiger charge is 2.23. The second kappa shape index (κ2) is 13.7. The largest absolute Gasteiger partial charge is 0.507 e. The number of phenols is 1. The lowest BCUT2D eigenvalue weighted by Crippen LogP contribution is -2.18. The Bertz CT molecular complexity index is 628. The van der Waals surface area contributed by atoms with Gasteiger partial charge in [-0.2, -0.15) is 0 Å². The molecule has 0 heterocycles. The molecule has 0 saturated heterocycles. The van der Waals surface area contributed by atoms with E-state index in [0.29, 0.717) is 12.2 Å². The fourth-order valence-corrected chi connectivity index (χ4v) is 4.20. The van der Waals surface area contributed by atoms with Gasteiger partial charge in [0.15, 0.2) is 0 Å². The van der Waals surface area contributed by atoms with Crippen LogP contribution < -0.4 is 0 Å². The maximum atomic E-state index is 11.8. The third-order valence-electron chi connectivity index (χ3n) is 6.18. The number of benzene rings is 1. The number of carboxylic acid groups (broad SMARTS) is 1. The van der Waals surface area contributed by atoms with Gasteiger partial charge in [-0.15, -0.1) is 0 Å². The molecule has 0 spiro atoms. The highest BCUT2D eigenvalue weighted by molar-refractivity contribution is 5.70. The van der Waals surface area contributed by atoms with Crippen molar-refractivity contribution in [2.75, 3.05) is 0 Å². The molecule has 0 bridgehead atoms. The molecule has 0 radical (unpaired) electrons. The van der Waals surface area contributed by atoms with Crippen LogP contribution >= 0.6 is 0 Å². The molecule has 30 heavy (non-hydrogen) atoms. The minimum atomic E-state index is -0.700. The van der Waals surface area contributed by atoms with Gasteiger partial charge in [0.25, 0.3) is 0 Å². The van der Waals surface area contributed by atoms with E-state index in [0.717, 1.165) is 42.4 Å². The number of aromatic hydroxyl groups is 1. The minimum Gasteiger partial charge on any atom is -0.507 e. The van der Waals surface area contributed by atoms with Crippen LogP contribution in [0.15, 0.2) is 12.1 Å². The molecule has 0 fully saturated rings. The van der Waals surface area contributed by atoms with Crippen LogP contribution in [0.5, 0.6) is 5.75 Å². The summed E-state index contributed by atoms with van der Waals surface area (Å²) in [7, 11) is 0. The van der Waals surface area contributed by atoms with Gasteiger partial charge in [0, 0.05) is 0 Å². The van der Waals surface area contributed by atoms with E-state index in [1.54, 1.807) is 0 Å². The first-order chi connectivity index (χ1) is 14.2. The molecule has 2 N–H and O–H groups in total. The first kappa shape index (κ1) is 26.5. The molecule has 1 aromatic carbocycles. The van der Waals surface area contributed by atoms with E-state index in [2.05, 4.69) is 27.7 Å². The van der Waals surface area contributed by atoms with E-state index in [9.17, 15) is 15.0 Å². The summed E-state index contributed by atoms with van der Waals surface area (Å²) in [4.78, 5) is 11.8. The molecule has 1 aromatic rings. The van der Waals surface area contributed by atoms with Gasteiger partial charge in [0.1, 0.15) is 5.75 Å². The Morgan fingerprint density at radius 3 is 1.90 bits per heavy atom. The number of carbonyl (C=O) groups is 1. The molecular formula is C27H46O3. The molecule has 0 amide bonds. The van der Waals surface area contributed by atoms with Crippen molar-refractivity contribution in [3.8, 4) is 5.75 Å². The maximum Gasteiger partial charge on any atom is 0.306 e. The van der Waals surface area contributed by atoms with Crippen molar-refractivity contribution < 1.29 is 15.0 Å². The molecule has 1 rings (SSSR count). The number of aryl methyl sites for hydroxylation is 1. The van der Waals surface area contributed by atoms with Gasteiger partial charge in [0.05, 0.1) is 5.92 Å². The Labute approximate surface area is 185 Å². The highest BCUT2D eigenvalue weighted by atomic mass is 16.4. The summed E-state index contributed by atoms with van der Waals surface area (Å²) in [6.07, 6.45) is 14.7. The summed E-state index contributed by atoms with van der Waals surface area (Å²) in [6.45, 7) is 10.5. The number of hydrogen-bond donors (Lipinski definition) is 2. The van der Waals surface area contributed by atoms with E-state index in [4.69, 9.17) is 0 Å². The van der Waals surface area contributed by atoms with Gasteiger partial charge in [-0.25, -0.2) is 0 Å². The monoisotopic (exact) mass is 418 g/mol. The van der Waals surface area contributed by atoms with Crippen molar-refractivity contribution in [1.29, 1.82) is 0 Å². The lowest BCUT2D eigenvalue weighted by Gasteiger charge is -2.24. The van der Waals surface area contributed by atoms with E-state index in [1.807, 2.05) is 19.1 Å². The predicted molar refractivity (Wildman–Crippen MR) is 127 cm³/mol. The van der Waals surface area contributed by atoms with Gasteiger partial charge < -0.3 is 10.2 Å². The van der Waals surface area contributed by atoms with Crippen molar-refractivity contribution in [2.45, 2.75) is 124 Å². The predicted octanol–water partition coefficient (Wildman–Crippen LogP) is 7.81. The van der Waals surface area contributed by atoms with Crippen LogP contribution in [0.25, 0.3) is 0 Å². The van der Waals surface area contributed by atoms with E-state index >= 15 is 0 Å². The Kier molecular flexibility index (Phi) is 12.1. The number of aliphatic carboxylic acids is 1. The normalized spacial score (nSPS) is 12.8. The van der Waals surface area contributed by atoms with Crippen LogP contribution in [0.4, 0.5) is 0 Å². The minimum absolute atomic E-state index is 0.167. The maximum absolute atomic E-state index is 11.8. The van der Waals surface area contributed by atoms with Gasteiger partial charge in [0.2, 0.25) is 0 Å². The average Bonchev–Trinajstić information content (AvgIpc) is 2.68. The first-order valence-electron chi connectivity index (χ1n) is 12.3. The summed E-state index contributed by atoms with van der Waals surface area (Å²) in [5.41, 5.74) is 2.70. The Morgan fingerprint density at radius 1 is 0.900 bits per heavy atom. The molecular weight excluding hydrogens is 372 g/mol. The summed E-state index contributed by atoms with van der Waals surface area (Å²) < 4.78 is 0. The Morgan fingerprint density at radius 2 is 1.43 bits per heavy atom. The van der Waals surface area contributed by atoms with Crippen molar-refractivity contribution in [3.63, 3.8) is 0 Å². The van der Waals surface area contributed by atoms with Crippen LogP contribution in [0, 0.1) is 5.92 Å². The summed E-state index contributed by atoms with van der Waals surface area (Å²) in [5.74, 6) is -0.675. The molecule has 0 aliphatic heterocycles. The average molecular weight is 419 g/mol. The van der Waals surface area contributed by atoms with Crippen molar-refractivity contribution >= 4 is 5.97 Å². The van der Waals surface area contributed by atoms with Crippen molar-refractivity contribution in [3.05, 3.63) is 28.8 Å². The standard InChI is InChI=1S/C27H46O3/c1-6-8-9-10-11-12-13-14-15-16-17-23(26(29)30)19-21-18-22(7-2)25(28)24(20-21)27(3,4)5/h18,20,23,28H,6-17,19H2,1-5H3,(H,29,30). The first-order valence-corrected chi connectivity index (χ1v) is 12.3. The zero-order chi connectivity index (χ0) is 22.6. The number of unbranched alkanes of at least 4 members (excludes halogenated alkanes) is 9. The third-order valence-corrected chi connectivity index (χ3v) is 6.18. The van der Waals surface area contributed by atoms with Crippen LogP contribution in [-0.4, -0.2) is 16.2 Å². The molecule has 1 atom stereocenters. The molecule has 172 valence electrons. The quantitative estimate of drug-likeness (QED) is 0.286. The zero-order valence-electron chi connectivity index (χ0n) is 20.2. The summed E-state index contributed by atoms with van der Waals surface area (Å²) in [5, 5.41) is 20.3. The van der Waals surface area contributed by atoms with Gasteiger partial charge >= 0.3 is 5.97 Å². The fourth-order valence-electron chi connectivity index (χ4n) is 4.20.